The van der Waals surface area contributed by atoms with E-state index in [1.807, 2.05) is 32.2 Å². The van der Waals surface area contributed by atoms with Gasteiger partial charge in [0.05, 0.1) is 18.7 Å². The van der Waals surface area contributed by atoms with E-state index in [2.05, 4.69) is 15.7 Å². The van der Waals surface area contributed by atoms with E-state index in [0.29, 0.717) is 12.0 Å². The molecule has 0 saturated carbocycles. The van der Waals surface area contributed by atoms with Crippen molar-refractivity contribution in [3.63, 3.8) is 0 Å². The van der Waals surface area contributed by atoms with Crippen molar-refractivity contribution in [2.75, 3.05) is 20.7 Å². The van der Waals surface area contributed by atoms with Gasteiger partial charge in [-0.3, -0.25) is 4.79 Å². The summed E-state index contributed by atoms with van der Waals surface area (Å²) >= 11 is 0. The number of nitrogens with zero attached hydrogens (tertiary/aromatic N) is 2. The van der Waals surface area contributed by atoms with Crippen molar-refractivity contribution < 1.29 is 9.53 Å². The highest BCUT2D eigenvalue weighted by Gasteiger charge is 2.06. The number of carbonyl (C=O) groups excluding carboxylic acids is 1. The van der Waals surface area contributed by atoms with Crippen molar-refractivity contribution in [3.05, 3.63) is 34.9 Å². The van der Waals surface area contributed by atoms with Crippen molar-refractivity contribution in [1.82, 2.24) is 4.90 Å². The third kappa shape index (κ3) is 5.11. The van der Waals surface area contributed by atoms with Crippen LogP contribution in [-0.4, -0.2) is 31.6 Å². The molecule has 0 atom stereocenters. The summed E-state index contributed by atoms with van der Waals surface area (Å²) in [5, 5.41) is 8.82. The standard InChI is InChI=1S/C15H20N2O2/c1-12-9-13(10-16)6-7-14(12)11-17(2)8-4-5-15(18)19-3/h6-7,9H,4-5,8,11H2,1-3H3. The first-order valence-corrected chi connectivity index (χ1v) is 6.31. The van der Waals surface area contributed by atoms with Crippen LogP contribution in [0.25, 0.3) is 0 Å². The Hall–Kier alpha value is -1.86. The summed E-state index contributed by atoms with van der Waals surface area (Å²) in [5.74, 6) is -0.164. The van der Waals surface area contributed by atoms with Crippen LogP contribution >= 0.6 is 0 Å². The van der Waals surface area contributed by atoms with Crippen molar-refractivity contribution in [3.8, 4) is 6.07 Å². The molecule has 0 aromatic heterocycles. The van der Waals surface area contributed by atoms with Gasteiger partial charge in [-0.1, -0.05) is 6.07 Å². The lowest BCUT2D eigenvalue weighted by Gasteiger charge is -2.17. The summed E-state index contributed by atoms with van der Waals surface area (Å²) in [6.07, 6.45) is 1.24. The van der Waals surface area contributed by atoms with Crippen LogP contribution in [0.1, 0.15) is 29.5 Å². The van der Waals surface area contributed by atoms with Crippen LogP contribution in [0.4, 0.5) is 0 Å². The van der Waals surface area contributed by atoms with Crippen LogP contribution in [0.5, 0.6) is 0 Å². The number of carbonyl (C=O) groups is 1. The van der Waals surface area contributed by atoms with Gasteiger partial charge < -0.3 is 9.64 Å². The van der Waals surface area contributed by atoms with Crippen LogP contribution in [0.3, 0.4) is 0 Å². The van der Waals surface area contributed by atoms with E-state index in [1.54, 1.807) is 0 Å². The van der Waals surface area contributed by atoms with Gasteiger partial charge in [-0.25, -0.2) is 0 Å². The predicted molar refractivity (Wildman–Crippen MR) is 73.5 cm³/mol. The zero-order valence-electron chi connectivity index (χ0n) is 11.8. The number of esters is 1. The zero-order valence-corrected chi connectivity index (χ0v) is 11.8. The molecular formula is C15H20N2O2. The third-order valence-corrected chi connectivity index (χ3v) is 3.06. The van der Waals surface area contributed by atoms with Gasteiger partial charge in [0.15, 0.2) is 0 Å². The van der Waals surface area contributed by atoms with Gasteiger partial charge in [0, 0.05) is 13.0 Å². The van der Waals surface area contributed by atoms with Gasteiger partial charge in [-0.15, -0.1) is 0 Å². The first-order chi connectivity index (χ1) is 9.06. The molecule has 0 saturated heterocycles. The number of rotatable bonds is 6. The van der Waals surface area contributed by atoms with Crippen molar-refractivity contribution in [2.24, 2.45) is 0 Å². The Balaban J connectivity index is 2.46. The molecule has 4 heteroatoms. The van der Waals surface area contributed by atoms with E-state index in [9.17, 15) is 4.79 Å². The van der Waals surface area contributed by atoms with Gasteiger partial charge in [-0.2, -0.15) is 5.26 Å². The lowest BCUT2D eigenvalue weighted by atomic mass is 10.1. The number of hydrogen-bond donors (Lipinski definition) is 0. The molecule has 0 amide bonds. The summed E-state index contributed by atoms with van der Waals surface area (Å²) in [5.41, 5.74) is 3.02. The molecule has 0 fully saturated rings. The minimum absolute atomic E-state index is 0.164. The highest BCUT2D eigenvalue weighted by Crippen LogP contribution is 2.12. The lowest BCUT2D eigenvalue weighted by Crippen LogP contribution is -2.20. The molecule has 4 nitrogen and oxygen atoms in total. The van der Waals surface area contributed by atoms with Gasteiger partial charge in [0.25, 0.3) is 0 Å². The molecule has 1 aromatic rings. The van der Waals surface area contributed by atoms with Gasteiger partial charge in [0.2, 0.25) is 0 Å². The molecule has 1 rings (SSSR count). The Bertz CT molecular complexity index is 478. The molecular weight excluding hydrogens is 240 g/mol. The predicted octanol–water partition coefficient (Wildman–Crippen LogP) is 2.25. The second-order valence-electron chi connectivity index (χ2n) is 4.67. The number of nitriles is 1. The van der Waals surface area contributed by atoms with Crippen LogP contribution in [0.15, 0.2) is 18.2 Å². The molecule has 0 aliphatic rings. The number of methoxy groups -OCH3 is 1. The maximum absolute atomic E-state index is 11.0. The Morgan fingerprint density at radius 1 is 1.47 bits per heavy atom. The molecule has 1 aromatic carbocycles. The fourth-order valence-corrected chi connectivity index (χ4v) is 1.91. The maximum Gasteiger partial charge on any atom is 0.305 e. The van der Waals surface area contributed by atoms with Gasteiger partial charge in [-0.05, 0) is 50.2 Å². The maximum atomic E-state index is 11.0. The Kier molecular flexibility index (Phi) is 6.04. The highest BCUT2D eigenvalue weighted by atomic mass is 16.5. The second kappa shape index (κ2) is 7.55. The molecule has 19 heavy (non-hydrogen) atoms. The highest BCUT2D eigenvalue weighted by molar-refractivity contribution is 5.69. The van der Waals surface area contributed by atoms with Crippen LogP contribution in [0, 0.1) is 18.3 Å². The van der Waals surface area contributed by atoms with E-state index < -0.39 is 0 Å². The normalized spacial score (nSPS) is 10.3. The third-order valence-electron chi connectivity index (χ3n) is 3.06. The molecule has 0 aliphatic heterocycles. The van der Waals surface area contributed by atoms with E-state index in [1.165, 1.54) is 12.7 Å². The van der Waals surface area contributed by atoms with E-state index in [-0.39, 0.29) is 5.97 Å². The quantitative estimate of drug-likeness (QED) is 0.736. The molecule has 0 spiro atoms. The number of aryl methyl sites for hydroxylation is 1. The Labute approximate surface area is 114 Å². The molecule has 0 bridgehead atoms. The zero-order chi connectivity index (χ0) is 14.3. The first-order valence-electron chi connectivity index (χ1n) is 6.31. The molecule has 0 unspecified atom stereocenters. The molecule has 0 heterocycles. The summed E-state index contributed by atoms with van der Waals surface area (Å²) in [4.78, 5) is 13.2. The fourth-order valence-electron chi connectivity index (χ4n) is 1.91. The van der Waals surface area contributed by atoms with Gasteiger partial charge >= 0.3 is 5.97 Å². The summed E-state index contributed by atoms with van der Waals surface area (Å²) in [6.45, 7) is 3.67. The fraction of sp³-hybridized carbons (Fsp3) is 0.467. The molecule has 0 aliphatic carbocycles. The van der Waals surface area contributed by atoms with E-state index >= 15 is 0 Å². The van der Waals surface area contributed by atoms with Gasteiger partial charge in [0.1, 0.15) is 0 Å². The van der Waals surface area contributed by atoms with E-state index in [0.717, 1.165) is 25.1 Å². The number of benzene rings is 1. The lowest BCUT2D eigenvalue weighted by molar-refractivity contribution is -0.140. The number of ether oxygens (including phenoxy) is 1. The minimum Gasteiger partial charge on any atom is -0.469 e. The first kappa shape index (κ1) is 15.2. The van der Waals surface area contributed by atoms with Crippen LogP contribution in [-0.2, 0) is 16.1 Å². The van der Waals surface area contributed by atoms with Crippen molar-refractivity contribution >= 4 is 5.97 Å². The van der Waals surface area contributed by atoms with Crippen molar-refractivity contribution in [1.29, 1.82) is 5.26 Å². The van der Waals surface area contributed by atoms with Crippen molar-refractivity contribution in [2.45, 2.75) is 26.3 Å². The molecule has 102 valence electrons. The average molecular weight is 260 g/mol. The average Bonchev–Trinajstić information content (AvgIpc) is 2.40. The summed E-state index contributed by atoms with van der Waals surface area (Å²) in [7, 11) is 3.43. The molecule has 0 radical (unpaired) electrons. The topological polar surface area (TPSA) is 53.3 Å². The van der Waals surface area contributed by atoms with Crippen LogP contribution < -0.4 is 0 Å². The Morgan fingerprint density at radius 3 is 2.79 bits per heavy atom. The molecule has 0 N–H and O–H groups in total. The van der Waals surface area contributed by atoms with E-state index in [4.69, 9.17) is 5.26 Å². The van der Waals surface area contributed by atoms with Crippen LogP contribution in [0.2, 0.25) is 0 Å². The second-order valence-corrected chi connectivity index (χ2v) is 4.67. The number of hydrogen-bond acceptors (Lipinski definition) is 4. The SMILES string of the molecule is COC(=O)CCCN(C)Cc1ccc(C#N)cc1C. The minimum atomic E-state index is -0.164. The largest absolute Gasteiger partial charge is 0.469 e. The summed E-state index contributed by atoms with van der Waals surface area (Å²) in [6, 6.07) is 7.87. The smallest absolute Gasteiger partial charge is 0.305 e. The monoisotopic (exact) mass is 260 g/mol. The summed E-state index contributed by atoms with van der Waals surface area (Å²) < 4.78 is 4.61. The Morgan fingerprint density at radius 2 is 2.21 bits per heavy atom.